The molecule has 18 heavy (non-hydrogen) atoms. The maximum atomic E-state index is 12.4. The molecule has 1 aliphatic heterocycles. The second kappa shape index (κ2) is 5.50. The number of amides is 1. The number of rotatable bonds is 2. The molecule has 4 nitrogen and oxygen atoms in total. The first-order chi connectivity index (χ1) is 8.61. The fraction of sp³-hybridized carbons (Fsp3) is 0.500. The van der Waals surface area contributed by atoms with E-state index < -0.39 is 0 Å². The van der Waals surface area contributed by atoms with E-state index in [2.05, 4.69) is 0 Å². The highest BCUT2D eigenvalue weighted by Gasteiger charge is 2.27. The largest absolute Gasteiger partial charge is 0.375 e. The highest BCUT2D eigenvalue weighted by molar-refractivity contribution is 5.94. The van der Waals surface area contributed by atoms with Gasteiger partial charge in [0, 0.05) is 18.7 Å². The smallest absolute Gasteiger partial charge is 0.254 e. The van der Waals surface area contributed by atoms with Gasteiger partial charge >= 0.3 is 0 Å². The summed E-state index contributed by atoms with van der Waals surface area (Å²) in [6.07, 6.45) is 0.105. The van der Waals surface area contributed by atoms with Crippen LogP contribution < -0.4 is 5.73 Å². The lowest BCUT2D eigenvalue weighted by atomic mass is 10.1. The van der Waals surface area contributed by atoms with Gasteiger partial charge in [-0.25, -0.2) is 0 Å². The van der Waals surface area contributed by atoms with Gasteiger partial charge in [-0.2, -0.15) is 0 Å². The van der Waals surface area contributed by atoms with Crippen LogP contribution in [0.4, 0.5) is 0 Å². The van der Waals surface area contributed by atoms with Crippen molar-refractivity contribution in [3.05, 3.63) is 35.4 Å². The van der Waals surface area contributed by atoms with Crippen LogP contribution in [0.25, 0.3) is 0 Å². The predicted molar refractivity (Wildman–Crippen MR) is 70.2 cm³/mol. The van der Waals surface area contributed by atoms with E-state index in [-0.39, 0.29) is 18.1 Å². The van der Waals surface area contributed by atoms with Gasteiger partial charge in [0.2, 0.25) is 0 Å². The molecule has 1 aromatic rings. The van der Waals surface area contributed by atoms with E-state index in [1.54, 1.807) is 0 Å². The fourth-order valence-electron chi connectivity index (χ4n) is 2.14. The van der Waals surface area contributed by atoms with E-state index in [0.29, 0.717) is 25.3 Å². The summed E-state index contributed by atoms with van der Waals surface area (Å²) in [4.78, 5) is 14.3. The summed E-state index contributed by atoms with van der Waals surface area (Å²) in [5.74, 6) is 0.0706. The standard InChI is InChI=1S/C14H20N2O2/c1-10-9-18-11(2)8-16(10)14(17)13-5-3-12(7-15)4-6-13/h3-6,10-11H,7-9,15H2,1-2H3/t10-,11-/m0/s1. The van der Waals surface area contributed by atoms with E-state index in [0.717, 1.165) is 5.56 Å². The molecule has 2 rings (SSSR count). The zero-order chi connectivity index (χ0) is 13.1. The number of morpholine rings is 1. The Morgan fingerprint density at radius 2 is 2.06 bits per heavy atom. The predicted octanol–water partition coefficient (Wildman–Crippen LogP) is 1.39. The second-order valence-corrected chi connectivity index (χ2v) is 4.85. The molecule has 1 aromatic carbocycles. The Morgan fingerprint density at radius 3 is 2.67 bits per heavy atom. The van der Waals surface area contributed by atoms with E-state index in [9.17, 15) is 4.79 Å². The monoisotopic (exact) mass is 248 g/mol. The third-order valence-corrected chi connectivity index (χ3v) is 3.31. The molecule has 0 aromatic heterocycles. The Balaban J connectivity index is 2.13. The normalized spacial score (nSPS) is 24.1. The Hall–Kier alpha value is -1.39. The number of carbonyl (C=O) groups is 1. The van der Waals surface area contributed by atoms with Gasteiger partial charge in [0.1, 0.15) is 0 Å². The van der Waals surface area contributed by atoms with Crippen molar-refractivity contribution in [1.82, 2.24) is 4.90 Å². The van der Waals surface area contributed by atoms with Gasteiger partial charge in [-0.1, -0.05) is 12.1 Å². The molecular weight excluding hydrogens is 228 g/mol. The van der Waals surface area contributed by atoms with Crippen molar-refractivity contribution in [2.24, 2.45) is 5.73 Å². The highest BCUT2D eigenvalue weighted by Crippen LogP contribution is 2.15. The van der Waals surface area contributed by atoms with Crippen molar-refractivity contribution in [1.29, 1.82) is 0 Å². The molecule has 1 fully saturated rings. The first-order valence-electron chi connectivity index (χ1n) is 6.33. The molecule has 2 atom stereocenters. The molecule has 0 radical (unpaired) electrons. The zero-order valence-corrected chi connectivity index (χ0v) is 10.9. The minimum Gasteiger partial charge on any atom is -0.375 e. The van der Waals surface area contributed by atoms with Crippen LogP contribution in [-0.4, -0.2) is 36.1 Å². The Bertz CT molecular complexity index is 416. The van der Waals surface area contributed by atoms with Crippen molar-refractivity contribution < 1.29 is 9.53 Å². The van der Waals surface area contributed by atoms with Gasteiger partial charge in [0.25, 0.3) is 5.91 Å². The molecule has 0 unspecified atom stereocenters. The molecule has 0 aliphatic carbocycles. The summed E-state index contributed by atoms with van der Waals surface area (Å²) < 4.78 is 5.53. The average molecular weight is 248 g/mol. The van der Waals surface area contributed by atoms with E-state index in [1.165, 1.54) is 0 Å². The molecule has 4 heteroatoms. The molecule has 0 spiro atoms. The number of ether oxygens (including phenoxy) is 1. The van der Waals surface area contributed by atoms with Gasteiger partial charge in [-0.15, -0.1) is 0 Å². The number of carbonyl (C=O) groups excluding carboxylic acids is 1. The van der Waals surface area contributed by atoms with E-state index in [4.69, 9.17) is 10.5 Å². The summed E-state index contributed by atoms with van der Waals surface area (Å²) in [5.41, 5.74) is 7.30. The van der Waals surface area contributed by atoms with Crippen LogP contribution in [0.5, 0.6) is 0 Å². The summed E-state index contributed by atoms with van der Waals surface area (Å²) in [6.45, 7) is 5.76. The van der Waals surface area contributed by atoms with Crippen LogP contribution in [-0.2, 0) is 11.3 Å². The fourth-order valence-corrected chi connectivity index (χ4v) is 2.14. The molecule has 1 amide bonds. The van der Waals surface area contributed by atoms with Gasteiger partial charge in [-0.05, 0) is 31.5 Å². The quantitative estimate of drug-likeness (QED) is 0.860. The molecular formula is C14H20N2O2. The first kappa shape index (κ1) is 13.1. The molecule has 1 aliphatic rings. The number of nitrogens with zero attached hydrogens (tertiary/aromatic N) is 1. The van der Waals surface area contributed by atoms with Crippen molar-refractivity contribution in [2.75, 3.05) is 13.2 Å². The van der Waals surface area contributed by atoms with Crippen LogP contribution in [0.2, 0.25) is 0 Å². The molecule has 2 N–H and O–H groups in total. The number of hydrogen-bond acceptors (Lipinski definition) is 3. The van der Waals surface area contributed by atoms with Crippen molar-refractivity contribution in [2.45, 2.75) is 32.5 Å². The van der Waals surface area contributed by atoms with Gasteiger partial charge < -0.3 is 15.4 Å². The minimum atomic E-state index is 0.0706. The van der Waals surface area contributed by atoms with Crippen LogP contribution >= 0.6 is 0 Å². The average Bonchev–Trinajstić information content (AvgIpc) is 2.41. The number of hydrogen-bond donors (Lipinski definition) is 1. The van der Waals surface area contributed by atoms with Crippen molar-refractivity contribution >= 4 is 5.91 Å². The third-order valence-electron chi connectivity index (χ3n) is 3.31. The highest BCUT2D eigenvalue weighted by atomic mass is 16.5. The lowest BCUT2D eigenvalue weighted by Crippen LogP contribution is -2.50. The minimum absolute atomic E-state index is 0.0706. The van der Waals surface area contributed by atoms with Crippen LogP contribution in [0.1, 0.15) is 29.8 Å². The van der Waals surface area contributed by atoms with Crippen molar-refractivity contribution in [3.63, 3.8) is 0 Å². The lowest BCUT2D eigenvalue weighted by Gasteiger charge is -2.36. The van der Waals surface area contributed by atoms with Gasteiger partial charge in [0.05, 0.1) is 18.8 Å². The summed E-state index contributed by atoms with van der Waals surface area (Å²) in [5, 5.41) is 0. The Morgan fingerprint density at radius 1 is 1.39 bits per heavy atom. The van der Waals surface area contributed by atoms with Crippen LogP contribution in [0.15, 0.2) is 24.3 Å². The maximum Gasteiger partial charge on any atom is 0.254 e. The Labute approximate surface area is 108 Å². The van der Waals surface area contributed by atoms with Gasteiger partial charge in [-0.3, -0.25) is 4.79 Å². The van der Waals surface area contributed by atoms with E-state index in [1.807, 2.05) is 43.0 Å². The van der Waals surface area contributed by atoms with E-state index >= 15 is 0 Å². The topological polar surface area (TPSA) is 55.6 Å². The SMILES string of the molecule is C[C@H]1CN(C(=O)c2ccc(CN)cc2)[C@@H](C)CO1. The summed E-state index contributed by atoms with van der Waals surface area (Å²) >= 11 is 0. The van der Waals surface area contributed by atoms with Crippen molar-refractivity contribution in [3.8, 4) is 0 Å². The van der Waals surface area contributed by atoms with Gasteiger partial charge in [0.15, 0.2) is 0 Å². The summed E-state index contributed by atoms with van der Waals surface area (Å²) in [7, 11) is 0. The second-order valence-electron chi connectivity index (χ2n) is 4.85. The molecule has 1 saturated heterocycles. The van der Waals surface area contributed by atoms with Crippen LogP contribution in [0, 0.1) is 0 Å². The molecule has 98 valence electrons. The summed E-state index contributed by atoms with van der Waals surface area (Å²) in [6, 6.07) is 7.63. The number of benzene rings is 1. The number of nitrogens with two attached hydrogens (primary N) is 1. The lowest BCUT2D eigenvalue weighted by molar-refractivity contribution is -0.0387. The molecule has 0 saturated carbocycles. The maximum absolute atomic E-state index is 12.4. The molecule has 1 heterocycles. The first-order valence-corrected chi connectivity index (χ1v) is 6.33. The van der Waals surface area contributed by atoms with Crippen LogP contribution in [0.3, 0.4) is 0 Å². The molecule has 0 bridgehead atoms. The third kappa shape index (κ3) is 2.71. The Kier molecular flexibility index (Phi) is 3.99. The zero-order valence-electron chi connectivity index (χ0n) is 10.9.